The van der Waals surface area contributed by atoms with Gasteiger partial charge in [0.05, 0.1) is 23.4 Å². The van der Waals surface area contributed by atoms with Crippen LogP contribution in [0.25, 0.3) is 0 Å². The fraction of sp³-hybridized carbons (Fsp3) is 0.520. The molecule has 0 atom stereocenters. The zero-order valence-corrected chi connectivity index (χ0v) is 18.7. The van der Waals surface area contributed by atoms with Gasteiger partial charge in [-0.15, -0.1) is 0 Å². The van der Waals surface area contributed by atoms with Gasteiger partial charge >= 0.3 is 0 Å². The standard InChI is InChI=1S/C25H30N4O3/c1-27-22-13-6-12-20(22)21(26-27)16-29(17-8-2-3-9-17)23(30)14-7-15-28-24(31)18-10-4-5-11-19(18)25(28)32/h4-5,10-11,17H,2-3,6-9,12-16H2,1H3. The molecule has 0 saturated heterocycles. The third-order valence-electron chi connectivity index (χ3n) is 7.25. The molecule has 32 heavy (non-hydrogen) atoms. The number of hydrogen-bond acceptors (Lipinski definition) is 4. The second-order valence-electron chi connectivity index (χ2n) is 9.22. The molecule has 2 aliphatic carbocycles. The summed E-state index contributed by atoms with van der Waals surface area (Å²) in [6.45, 7) is 0.843. The Morgan fingerprint density at radius 1 is 1.06 bits per heavy atom. The Hall–Kier alpha value is -2.96. The summed E-state index contributed by atoms with van der Waals surface area (Å²) >= 11 is 0. The highest BCUT2D eigenvalue weighted by Crippen LogP contribution is 2.30. The van der Waals surface area contributed by atoms with Gasteiger partial charge in [0, 0.05) is 31.7 Å². The van der Waals surface area contributed by atoms with Crippen LogP contribution < -0.4 is 0 Å². The Balaban J connectivity index is 1.25. The number of aryl methyl sites for hydroxylation is 1. The number of amides is 3. The van der Waals surface area contributed by atoms with Crippen molar-refractivity contribution in [1.82, 2.24) is 19.6 Å². The minimum Gasteiger partial charge on any atom is -0.334 e. The lowest BCUT2D eigenvalue weighted by Gasteiger charge is -2.29. The molecule has 5 rings (SSSR count). The van der Waals surface area contributed by atoms with E-state index in [2.05, 4.69) is 0 Å². The molecule has 7 nitrogen and oxygen atoms in total. The number of nitrogens with zero attached hydrogens (tertiary/aromatic N) is 4. The van der Waals surface area contributed by atoms with Crippen molar-refractivity contribution in [1.29, 1.82) is 0 Å². The second kappa shape index (κ2) is 8.52. The van der Waals surface area contributed by atoms with Gasteiger partial charge in [0.15, 0.2) is 0 Å². The number of hydrogen-bond donors (Lipinski definition) is 0. The maximum Gasteiger partial charge on any atom is 0.261 e. The van der Waals surface area contributed by atoms with Crippen LogP contribution in [-0.2, 0) is 31.2 Å². The Kier molecular flexibility index (Phi) is 5.57. The molecule has 2 heterocycles. The van der Waals surface area contributed by atoms with E-state index < -0.39 is 0 Å². The molecule has 168 valence electrons. The number of aromatic nitrogens is 2. The first-order valence-corrected chi connectivity index (χ1v) is 11.8. The Morgan fingerprint density at radius 2 is 1.75 bits per heavy atom. The van der Waals surface area contributed by atoms with E-state index in [-0.39, 0.29) is 30.3 Å². The lowest BCUT2D eigenvalue weighted by Crippen LogP contribution is -2.39. The van der Waals surface area contributed by atoms with Crippen LogP contribution in [0.15, 0.2) is 24.3 Å². The normalized spacial score (nSPS) is 17.8. The molecule has 2 aromatic rings. The molecule has 0 N–H and O–H groups in total. The average molecular weight is 435 g/mol. The monoisotopic (exact) mass is 434 g/mol. The minimum atomic E-state index is -0.255. The first kappa shape index (κ1) is 20.9. The first-order valence-electron chi connectivity index (χ1n) is 11.8. The van der Waals surface area contributed by atoms with Crippen LogP contribution in [-0.4, -0.2) is 49.9 Å². The van der Waals surface area contributed by atoms with E-state index in [0.29, 0.717) is 30.5 Å². The maximum atomic E-state index is 13.3. The van der Waals surface area contributed by atoms with Crippen LogP contribution in [0.3, 0.4) is 0 Å². The fourth-order valence-corrected chi connectivity index (χ4v) is 5.60. The molecule has 1 fully saturated rings. The molecule has 7 heteroatoms. The fourth-order valence-electron chi connectivity index (χ4n) is 5.60. The predicted molar refractivity (Wildman–Crippen MR) is 119 cm³/mol. The third-order valence-corrected chi connectivity index (χ3v) is 7.25. The number of carbonyl (C=O) groups is 3. The summed E-state index contributed by atoms with van der Waals surface area (Å²) in [5, 5.41) is 4.74. The molecule has 0 radical (unpaired) electrons. The molecule has 1 aliphatic heterocycles. The summed E-state index contributed by atoms with van der Waals surface area (Å²) in [6.07, 6.45) is 8.48. The SMILES string of the molecule is Cn1nc(CN(C(=O)CCCN2C(=O)c3ccccc3C2=O)C2CCCC2)c2c1CCC2. The number of carbonyl (C=O) groups excluding carboxylic acids is 3. The number of rotatable bonds is 7. The molecular weight excluding hydrogens is 404 g/mol. The quantitative estimate of drug-likeness (QED) is 0.627. The number of imide groups is 1. The van der Waals surface area contributed by atoms with E-state index in [1.54, 1.807) is 24.3 Å². The maximum absolute atomic E-state index is 13.3. The van der Waals surface area contributed by atoms with Crippen LogP contribution in [0.5, 0.6) is 0 Å². The van der Waals surface area contributed by atoms with Crippen molar-refractivity contribution in [2.75, 3.05) is 6.54 Å². The molecule has 1 saturated carbocycles. The predicted octanol–water partition coefficient (Wildman–Crippen LogP) is 3.26. The van der Waals surface area contributed by atoms with Crippen molar-refractivity contribution >= 4 is 17.7 Å². The number of fused-ring (bicyclic) bond motifs is 2. The summed E-state index contributed by atoms with van der Waals surface area (Å²) in [6, 6.07) is 7.18. The van der Waals surface area contributed by atoms with Gasteiger partial charge in [0.2, 0.25) is 5.91 Å². The van der Waals surface area contributed by atoms with Gasteiger partial charge in [-0.2, -0.15) is 5.10 Å². The summed E-state index contributed by atoms with van der Waals surface area (Å²) < 4.78 is 1.98. The smallest absolute Gasteiger partial charge is 0.261 e. The highest BCUT2D eigenvalue weighted by atomic mass is 16.2. The largest absolute Gasteiger partial charge is 0.334 e. The zero-order chi connectivity index (χ0) is 22.2. The van der Waals surface area contributed by atoms with E-state index in [0.717, 1.165) is 50.6 Å². The van der Waals surface area contributed by atoms with E-state index in [1.807, 2.05) is 16.6 Å². The lowest BCUT2D eigenvalue weighted by atomic mass is 10.1. The highest BCUT2D eigenvalue weighted by Gasteiger charge is 2.35. The van der Waals surface area contributed by atoms with Crippen molar-refractivity contribution in [2.24, 2.45) is 7.05 Å². The van der Waals surface area contributed by atoms with Gasteiger partial charge in [0.25, 0.3) is 11.8 Å². The van der Waals surface area contributed by atoms with Crippen molar-refractivity contribution in [3.8, 4) is 0 Å². The number of benzene rings is 1. The highest BCUT2D eigenvalue weighted by molar-refractivity contribution is 6.21. The Labute approximate surface area is 188 Å². The van der Waals surface area contributed by atoms with Crippen LogP contribution >= 0.6 is 0 Å². The molecule has 1 aromatic carbocycles. The molecule has 3 aliphatic rings. The molecular formula is C25H30N4O3. The molecule has 0 unspecified atom stereocenters. The lowest BCUT2D eigenvalue weighted by molar-refractivity contribution is -0.134. The molecule has 1 aromatic heterocycles. The van der Waals surface area contributed by atoms with E-state index in [4.69, 9.17) is 5.10 Å². The second-order valence-corrected chi connectivity index (χ2v) is 9.22. The third kappa shape index (κ3) is 3.63. The van der Waals surface area contributed by atoms with Gasteiger partial charge in [0.1, 0.15) is 0 Å². The molecule has 3 amide bonds. The average Bonchev–Trinajstić information content (AvgIpc) is 3.57. The molecule has 0 spiro atoms. The van der Waals surface area contributed by atoms with Crippen LogP contribution in [0, 0.1) is 0 Å². The molecule has 0 bridgehead atoms. The van der Waals surface area contributed by atoms with Gasteiger partial charge in [-0.25, -0.2) is 0 Å². The van der Waals surface area contributed by atoms with Gasteiger partial charge < -0.3 is 4.90 Å². The van der Waals surface area contributed by atoms with Crippen molar-refractivity contribution in [3.05, 3.63) is 52.3 Å². The summed E-state index contributed by atoms with van der Waals surface area (Å²) in [5.74, 6) is -0.407. The van der Waals surface area contributed by atoms with E-state index in [1.165, 1.54) is 16.2 Å². The van der Waals surface area contributed by atoms with Gasteiger partial charge in [-0.05, 0) is 56.2 Å². The van der Waals surface area contributed by atoms with Gasteiger partial charge in [-0.1, -0.05) is 25.0 Å². The summed E-state index contributed by atoms with van der Waals surface area (Å²) in [5.41, 5.74) is 4.60. The topological polar surface area (TPSA) is 75.5 Å². The summed E-state index contributed by atoms with van der Waals surface area (Å²) in [4.78, 5) is 41.8. The van der Waals surface area contributed by atoms with Gasteiger partial charge in [-0.3, -0.25) is 24.0 Å². The van der Waals surface area contributed by atoms with Crippen molar-refractivity contribution in [2.45, 2.75) is 70.4 Å². The minimum absolute atomic E-state index is 0.103. The Bertz CT molecular complexity index is 1030. The van der Waals surface area contributed by atoms with Crippen LogP contribution in [0.2, 0.25) is 0 Å². The summed E-state index contributed by atoms with van der Waals surface area (Å²) in [7, 11) is 2.00. The van der Waals surface area contributed by atoms with E-state index >= 15 is 0 Å². The van der Waals surface area contributed by atoms with Crippen molar-refractivity contribution < 1.29 is 14.4 Å². The van der Waals surface area contributed by atoms with Crippen LogP contribution in [0.1, 0.15) is 82.6 Å². The van der Waals surface area contributed by atoms with Crippen molar-refractivity contribution in [3.63, 3.8) is 0 Å². The van der Waals surface area contributed by atoms with Crippen LogP contribution in [0.4, 0.5) is 0 Å². The van der Waals surface area contributed by atoms with E-state index in [9.17, 15) is 14.4 Å². The zero-order valence-electron chi connectivity index (χ0n) is 18.7. The Morgan fingerprint density at radius 3 is 2.44 bits per heavy atom. The first-order chi connectivity index (χ1) is 15.5.